The van der Waals surface area contributed by atoms with Crippen molar-refractivity contribution in [1.82, 2.24) is 19.6 Å². The van der Waals surface area contributed by atoms with Gasteiger partial charge in [-0.05, 0) is 25.7 Å². The summed E-state index contributed by atoms with van der Waals surface area (Å²) < 4.78 is 1.21. The van der Waals surface area contributed by atoms with Gasteiger partial charge in [0.15, 0.2) is 0 Å². The maximum absolute atomic E-state index is 12.2. The number of nitrogens with one attached hydrogen (secondary N) is 1. The first-order valence-corrected chi connectivity index (χ1v) is 5.84. The number of H-pyrrole nitrogens is 1. The van der Waals surface area contributed by atoms with Crippen LogP contribution in [0.1, 0.15) is 29.9 Å². The molecule has 2 aromatic heterocycles. The number of fused-ring (bicyclic) bond motifs is 2. The van der Waals surface area contributed by atoms with Crippen LogP contribution in [0, 0.1) is 0 Å². The molecule has 1 aliphatic carbocycles. The van der Waals surface area contributed by atoms with E-state index in [-0.39, 0.29) is 23.6 Å². The summed E-state index contributed by atoms with van der Waals surface area (Å²) in [6.45, 7) is 0. The lowest BCUT2D eigenvalue weighted by atomic mass is 9.97. The van der Waals surface area contributed by atoms with Crippen molar-refractivity contribution >= 4 is 11.7 Å². The Morgan fingerprint density at radius 2 is 2.11 bits per heavy atom. The van der Waals surface area contributed by atoms with E-state index in [2.05, 4.69) is 15.1 Å². The van der Waals surface area contributed by atoms with E-state index in [1.54, 1.807) is 0 Å². The molecule has 0 atom stereocenters. The Labute approximate surface area is 101 Å². The van der Waals surface area contributed by atoms with Crippen molar-refractivity contribution < 1.29 is 9.90 Å². The fraction of sp³-hybridized carbons (Fsp3) is 0.455. The second-order valence-electron chi connectivity index (χ2n) is 4.40. The van der Waals surface area contributed by atoms with Crippen LogP contribution < -0.4 is 10.7 Å². The number of carbonyl (C=O) groups excluding carboxylic acids is 1. The summed E-state index contributed by atoms with van der Waals surface area (Å²) in [7, 11) is 0. The van der Waals surface area contributed by atoms with Crippen molar-refractivity contribution in [3.05, 3.63) is 27.4 Å². The van der Waals surface area contributed by atoms with Crippen LogP contribution in [-0.4, -0.2) is 25.6 Å². The summed E-state index contributed by atoms with van der Waals surface area (Å²) in [4.78, 5) is 31.0. The number of aryl methyl sites for hydroxylation is 1. The maximum atomic E-state index is 12.2. The van der Waals surface area contributed by atoms with E-state index in [9.17, 15) is 14.7 Å². The predicted octanol–water partition coefficient (Wildman–Crippen LogP) is -1.41. The minimum Gasteiger partial charge on any atom is -0.550 e. The molecule has 7 nitrogen and oxygen atoms in total. The topological polar surface area (TPSA) is 103 Å². The molecule has 18 heavy (non-hydrogen) atoms. The molecule has 0 radical (unpaired) electrons. The number of hydrogen-bond acceptors (Lipinski definition) is 5. The molecule has 0 saturated heterocycles. The average Bonchev–Trinajstić information content (AvgIpc) is 2.71. The number of aromatic amines is 1. The lowest BCUT2D eigenvalue weighted by molar-refractivity contribution is -0.304. The van der Waals surface area contributed by atoms with Gasteiger partial charge in [0.05, 0.1) is 5.69 Å². The summed E-state index contributed by atoms with van der Waals surface area (Å²) in [6, 6.07) is 0. The van der Waals surface area contributed by atoms with Crippen LogP contribution in [0.5, 0.6) is 0 Å². The molecule has 1 aliphatic rings. The monoisotopic (exact) mass is 247 g/mol. The quantitative estimate of drug-likeness (QED) is 0.702. The highest BCUT2D eigenvalue weighted by atomic mass is 16.4. The lowest BCUT2D eigenvalue weighted by Crippen LogP contribution is -2.26. The van der Waals surface area contributed by atoms with Crippen LogP contribution >= 0.6 is 0 Å². The fourth-order valence-electron chi connectivity index (χ4n) is 2.31. The third-order valence-electron chi connectivity index (χ3n) is 3.12. The molecule has 0 unspecified atom stereocenters. The molecular weight excluding hydrogens is 236 g/mol. The second kappa shape index (κ2) is 3.94. The highest BCUT2D eigenvalue weighted by Crippen LogP contribution is 2.16. The SMILES string of the molecule is O=C([O-])Cc1nc2nc3c(c(=O)n2[nH]1)CCCC3. The molecule has 0 spiro atoms. The molecule has 2 aromatic rings. The first-order valence-electron chi connectivity index (χ1n) is 5.84. The summed E-state index contributed by atoms with van der Waals surface area (Å²) in [5.74, 6) is -0.828. The molecular formula is C11H11N4O3-. The summed E-state index contributed by atoms with van der Waals surface area (Å²) in [5, 5.41) is 13.2. The Balaban J connectivity index is 2.18. The zero-order valence-electron chi connectivity index (χ0n) is 9.60. The van der Waals surface area contributed by atoms with Gasteiger partial charge in [0.25, 0.3) is 11.3 Å². The van der Waals surface area contributed by atoms with Gasteiger partial charge in [0, 0.05) is 18.0 Å². The van der Waals surface area contributed by atoms with Crippen molar-refractivity contribution in [2.45, 2.75) is 32.1 Å². The smallest absolute Gasteiger partial charge is 0.277 e. The largest absolute Gasteiger partial charge is 0.550 e. The number of aliphatic carboxylic acids is 1. The molecule has 1 N–H and O–H groups in total. The first kappa shape index (κ1) is 10.9. The molecule has 0 saturated carbocycles. The minimum absolute atomic E-state index is 0.174. The van der Waals surface area contributed by atoms with Gasteiger partial charge in [-0.15, -0.1) is 0 Å². The van der Waals surface area contributed by atoms with Gasteiger partial charge >= 0.3 is 0 Å². The van der Waals surface area contributed by atoms with Crippen molar-refractivity contribution in [3.8, 4) is 0 Å². The van der Waals surface area contributed by atoms with Crippen LogP contribution in [0.2, 0.25) is 0 Å². The normalized spacial score (nSPS) is 14.7. The molecule has 3 rings (SSSR count). The number of hydrogen-bond donors (Lipinski definition) is 1. The molecule has 0 aliphatic heterocycles. The number of nitrogens with zero attached hydrogens (tertiary/aromatic N) is 3. The van der Waals surface area contributed by atoms with Crippen molar-refractivity contribution in [1.29, 1.82) is 0 Å². The summed E-state index contributed by atoms with van der Waals surface area (Å²) >= 11 is 0. The summed E-state index contributed by atoms with van der Waals surface area (Å²) in [6.07, 6.45) is 3.15. The van der Waals surface area contributed by atoms with E-state index in [0.29, 0.717) is 5.56 Å². The molecule has 0 aromatic carbocycles. The van der Waals surface area contributed by atoms with Gasteiger partial charge in [0.1, 0.15) is 5.82 Å². The third-order valence-corrected chi connectivity index (χ3v) is 3.12. The van der Waals surface area contributed by atoms with Crippen LogP contribution in [0.3, 0.4) is 0 Å². The van der Waals surface area contributed by atoms with Crippen molar-refractivity contribution in [2.24, 2.45) is 0 Å². The predicted molar refractivity (Wildman–Crippen MR) is 59.0 cm³/mol. The number of carbonyl (C=O) groups is 1. The van der Waals surface area contributed by atoms with E-state index in [4.69, 9.17) is 0 Å². The van der Waals surface area contributed by atoms with Gasteiger partial charge in [-0.2, -0.15) is 9.50 Å². The van der Waals surface area contributed by atoms with Crippen LogP contribution in [0.25, 0.3) is 5.78 Å². The molecule has 0 amide bonds. The maximum Gasteiger partial charge on any atom is 0.277 e. The van der Waals surface area contributed by atoms with E-state index in [0.717, 1.165) is 31.4 Å². The second-order valence-corrected chi connectivity index (χ2v) is 4.40. The highest BCUT2D eigenvalue weighted by molar-refractivity contribution is 5.66. The summed E-state index contributed by atoms with van der Waals surface area (Å²) in [5.41, 5.74) is 1.33. The number of carboxylic acid groups (broad SMARTS) is 1. The molecule has 2 heterocycles. The van der Waals surface area contributed by atoms with Gasteiger partial charge in [-0.1, -0.05) is 0 Å². The average molecular weight is 247 g/mol. The Bertz CT molecular complexity index is 685. The van der Waals surface area contributed by atoms with Crippen molar-refractivity contribution in [2.75, 3.05) is 0 Å². The van der Waals surface area contributed by atoms with Crippen LogP contribution in [0.15, 0.2) is 4.79 Å². The van der Waals surface area contributed by atoms with E-state index < -0.39 is 5.97 Å². The van der Waals surface area contributed by atoms with Gasteiger partial charge in [-0.3, -0.25) is 9.89 Å². The number of carboxylic acids is 1. The Morgan fingerprint density at radius 1 is 1.33 bits per heavy atom. The van der Waals surface area contributed by atoms with Gasteiger partial charge < -0.3 is 9.90 Å². The standard InChI is InChI=1S/C11H12N4O3/c16-9(17)5-8-13-11-12-7-4-2-1-3-6(7)10(18)15(11)14-8/h1-5H2,(H,16,17)(H,12,13,14)/p-1. The number of aromatic nitrogens is 4. The van der Waals surface area contributed by atoms with Crippen LogP contribution in [-0.2, 0) is 24.1 Å². The first-order chi connectivity index (χ1) is 8.65. The Morgan fingerprint density at radius 3 is 2.89 bits per heavy atom. The zero-order chi connectivity index (χ0) is 12.7. The molecule has 94 valence electrons. The van der Waals surface area contributed by atoms with Crippen molar-refractivity contribution in [3.63, 3.8) is 0 Å². The zero-order valence-corrected chi connectivity index (χ0v) is 9.60. The van der Waals surface area contributed by atoms with E-state index in [1.807, 2.05) is 0 Å². The minimum atomic E-state index is -1.24. The molecule has 0 fully saturated rings. The molecule has 7 heteroatoms. The van der Waals surface area contributed by atoms with Crippen LogP contribution in [0.4, 0.5) is 0 Å². The Kier molecular flexibility index (Phi) is 2.39. The Hall–Kier alpha value is -2.18. The van der Waals surface area contributed by atoms with Gasteiger partial charge in [0.2, 0.25) is 0 Å². The van der Waals surface area contributed by atoms with E-state index >= 15 is 0 Å². The molecule has 0 bridgehead atoms. The highest BCUT2D eigenvalue weighted by Gasteiger charge is 2.18. The number of rotatable bonds is 2. The van der Waals surface area contributed by atoms with E-state index in [1.165, 1.54) is 4.52 Å². The fourth-order valence-corrected chi connectivity index (χ4v) is 2.31. The van der Waals surface area contributed by atoms with Gasteiger partial charge in [-0.25, -0.2) is 4.98 Å². The lowest BCUT2D eigenvalue weighted by Gasteiger charge is -2.12. The third kappa shape index (κ3) is 1.68.